The predicted molar refractivity (Wildman–Crippen MR) is 61.5 cm³/mol. The lowest BCUT2D eigenvalue weighted by Crippen LogP contribution is -2.12. The summed E-state index contributed by atoms with van der Waals surface area (Å²) in [5, 5.41) is 0.425. The topological polar surface area (TPSA) is 103 Å². The van der Waals surface area contributed by atoms with Crippen LogP contribution < -0.4 is 17.0 Å². The first-order valence-electron chi connectivity index (χ1n) is 4.77. The Morgan fingerprint density at radius 1 is 1.62 bits per heavy atom. The van der Waals surface area contributed by atoms with Crippen molar-refractivity contribution >= 4 is 17.0 Å². The number of anilines is 1. The summed E-state index contributed by atoms with van der Waals surface area (Å²) in [4.78, 5) is 18.3. The van der Waals surface area contributed by atoms with Gasteiger partial charge in [0, 0.05) is 18.8 Å². The Morgan fingerprint density at radius 3 is 3.00 bits per heavy atom. The molecule has 0 aliphatic carbocycles. The van der Waals surface area contributed by atoms with E-state index in [2.05, 4.69) is 21.9 Å². The number of nitrogens with one attached hydrogen (secondary N) is 1. The molecular formula is C10H11N5O. The molecule has 2 aromatic heterocycles. The van der Waals surface area contributed by atoms with Crippen LogP contribution in [0.15, 0.2) is 11.0 Å². The van der Waals surface area contributed by atoms with Crippen molar-refractivity contribution < 1.29 is 0 Å². The minimum atomic E-state index is -0.299. The van der Waals surface area contributed by atoms with Gasteiger partial charge < -0.3 is 16.0 Å². The molecule has 2 rings (SSSR count). The second-order valence-corrected chi connectivity index (χ2v) is 3.25. The summed E-state index contributed by atoms with van der Waals surface area (Å²) in [6, 6.07) is 2.28. The van der Waals surface area contributed by atoms with Crippen LogP contribution in [0.5, 0.6) is 0 Å². The van der Waals surface area contributed by atoms with Gasteiger partial charge in [-0.3, -0.25) is 9.78 Å². The number of H-pyrrole nitrogens is 1. The van der Waals surface area contributed by atoms with Gasteiger partial charge in [0.1, 0.15) is 0 Å². The van der Waals surface area contributed by atoms with Crippen molar-refractivity contribution in [1.29, 1.82) is 0 Å². The third kappa shape index (κ3) is 1.39. The molecule has 5 N–H and O–H groups in total. The molecule has 2 heterocycles. The Morgan fingerprint density at radius 2 is 2.38 bits per heavy atom. The zero-order valence-corrected chi connectivity index (χ0v) is 8.74. The Kier molecular flexibility index (Phi) is 2.29. The largest absolute Gasteiger partial charge is 0.369 e. The standard InChI is InChI=1S/C10H11N5O/c1-2-15-5-6(3-4-11)7-8(15)13-10(12)14-9(7)16/h5H,2,11H2,1H3,(H3,12,13,14,16). The lowest BCUT2D eigenvalue weighted by molar-refractivity contribution is 0.786. The van der Waals surface area contributed by atoms with Crippen LogP contribution in [0.1, 0.15) is 12.5 Å². The van der Waals surface area contributed by atoms with E-state index in [1.54, 1.807) is 10.8 Å². The number of hydrogen-bond donors (Lipinski definition) is 3. The molecule has 0 saturated carbocycles. The molecule has 0 unspecified atom stereocenters. The van der Waals surface area contributed by atoms with Crippen molar-refractivity contribution in [1.82, 2.24) is 14.5 Å². The number of rotatable bonds is 1. The first kappa shape index (κ1) is 10.1. The highest BCUT2D eigenvalue weighted by Gasteiger charge is 2.12. The fraction of sp³-hybridized carbons (Fsp3) is 0.200. The highest BCUT2D eigenvalue weighted by atomic mass is 16.1. The number of aromatic amines is 1. The molecule has 0 radical (unpaired) electrons. The van der Waals surface area contributed by atoms with Gasteiger partial charge >= 0.3 is 0 Å². The van der Waals surface area contributed by atoms with Crippen LogP contribution in [-0.4, -0.2) is 14.5 Å². The van der Waals surface area contributed by atoms with Crippen LogP contribution in [0.2, 0.25) is 0 Å². The van der Waals surface area contributed by atoms with Gasteiger partial charge in [0.25, 0.3) is 5.56 Å². The minimum absolute atomic E-state index is 0.0950. The lowest BCUT2D eigenvalue weighted by Gasteiger charge is -1.98. The van der Waals surface area contributed by atoms with E-state index in [-0.39, 0.29) is 11.5 Å². The van der Waals surface area contributed by atoms with E-state index in [9.17, 15) is 4.79 Å². The molecule has 2 aromatic rings. The number of nitrogen functional groups attached to an aromatic ring is 1. The molecule has 0 amide bonds. The zero-order chi connectivity index (χ0) is 11.7. The van der Waals surface area contributed by atoms with Crippen LogP contribution >= 0.6 is 0 Å². The van der Waals surface area contributed by atoms with Gasteiger partial charge in [-0.05, 0) is 12.8 Å². The van der Waals surface area contributed by atoms with E-state index in [0.29, 0.717) is 23.1 Å². The number of aromatic nitrogens is 3. The molecule has 0 aliphatic heterocycles. The van der Waals surface area contributed by atoms with Gasteiger partial charge in [-0.1, -0.05) is 0 Å². The monoisotopic (exact) mass is 217 g/mol. The molecule has 16 heavy (non-hydrogen) atoms. The van der Waals surface area contributed by atoms with E-state index in [1.165, 1.54) is 0 Å². The van der Waals surface area contributed by atoms with Gasteiger partial charge in [0.05, 0.1) is 10.9 Å². The molecule has 82 valence electrons. The quantitative estimate of drug-likeness (QED) is 0.446. The van der Waals surface area contributed by atoms with Crippen molar-refractivity contribution in [2.24, 2.45) is 5.73 Å². The second kappa shape index (κ2) is 3.62. The Labute approximate surface area is 91.3 Å². The van der Waals surface area contributed by atoms with Crippen LogP contribution in [0, 0.1) is 12.0 Å². The van der Waals surface area contributed by atoms with E-state index in [0.717, 1.165) is 0 Å². The van der Waals surface area contributed by atoms with Crippen molar-refractivity contribution in [3.05, 3.63) is 22.1 Å². The SMILES string of the molecule is CCn1cc(C#CN)c2c(=O)[nH]c(N)nc21. The average Bonchev–Trinajstić information content (AvgIpc) is 2.57. The summed E-state index contributed by atoms with van der Waals surface area (Å²) in [5.41, 5.74) is 11.4. The number of fused-ring (bicyclic) bond motifs is 1. The maximum atomic E-state index is 11.7. The van der Waals surface area contributed by atoms with Gasteiger partial charge in [-0.25, -0.2) is 0 Å². The number of nitrogens with two attached hydrogens (primary N) is 2. The number of nitrogens with zero attached hydrogens (tertiary/aromatic N) is 2. The molecule has 0 aliphatic rings. The highest BCUT2D eigenvalue weighted by molar-refractivity contribution is 5.83. The lowest BCUT2D eigenvalue weighted by atomic mass is 10.2. The van der Waals surface area contributed by atoms with Crippen molar-refractivity contribution in [2.45, 2.75) is 13.5 Å². The highest BCUT2D eigenvalue weighted by Crippen LogP contribution is 2.15. The summed E-state index contributed by atoms with van der Waals surface area (Å²) >= 11 is 0. The normalized spacial score (nSPS) is 10.1. The fourth-order valence-corrected chi connectivity index (χ4v) is 1.62. The third-order valence-electron chi connectivity index (χ3n) is 2.29. The van der Waals surface area contributed by atoms with E-state index in [4.69, 9.17) is 11.5 Å². The Balaban J connectivity index is 2.94. The average molecular weight is 217 g/mol. The molecule has 0 spiro atoms. The maximum absolute atomic E-state index is 11.7. The molecule has 0 saturated heterocycles. The molecule has 0 atom stereocenters. The van der Waals surface area contributed by atoms with Gasteiger partial charge in [-0.15, -0.1) is 0 Å². The van der Waals surface area contributed by atoms with E-state index in [1.807, 2.05) is 6.92 Å². The molecular weight excluding hydrogens is 206 g/mol. The second-order valence-electron chi connectivity index (χ2n) is 3.25. The molecule has 6 nitrogen and oxygen atoms in total. The predicted octanol–water partition coefficient (Wildman–Crippen LogP) is -0.406. The third-order valence-corrected chi connectivity index (χ3v) is 2.29. The van der Waals surface area contributed by atoms with E-state index >= 15 is 0 Å². The molecule has 0 aromatic carbocycles. The maximum Gasteiger partial charge on any atom is 0.263 e. The Hall–Kier alpha value is -2.42. The zero-order valence-electron chi connectivity index (χ0n) is 8.74. The fourth-order valence-electron chi connectivity index (χ4n) is 1.62. The number of aryl methyl sites for hydroxylation is 1. The van der Waals surface area contributed by atoms with Crippen molar-refractivity contribution in [3.8, 4) is 12.0 Å². The summed E-state index contributed by atoms with van der Waals surface area (Å²) in [5.74, 6) is 2.77. The van der Waals surface area contributed by atoms with Crippen LogP contribution in [0.25, 0.3) is 11.0 Å². The van der Waals surface area contributed by atoms with Crippen LogP contribution in [-0.2, 0) is 6.54 Å². The van der Waals surface area contributed by atoms with Crippen LogP contribution in [0.3, 0.4) is 0 Å². The van der Waals surface area contributed by atoms with Crippen molar-refractivity contribution in [2.75, 3.05) is 5.73 Å². The summed E-state index contributed by atoms with van der Waals surface area (Å²) in [7, 11) is 0. The van der Waals surface area contributed by atoms with Gasteiger partial charge in [-0.2, -0.15) is 4.98 Å². The summed E-state index contributed by atoms with van der Waals surface area (Å²) < 4.78 is 1.81. The van der Waals surface area contributed by atoms with E-state index < -0.39 is 0 Å². The van der Waals surface area contributed by atoms with Crippen molar-refractivity contribution in [3.63, 3.8) is 0 Å². The molecule has 6 heteroatoms. The first-order valence-corrected chi connectivity index (χ1v) is 4.77. The van der Waals surface area contributed by atoms with Crippen LogP contribution in [0.4, 0.5) is 5.95 Å². The van der Waals surface area contributed by atoms with Gasteiger partial charge in [0.15, 0.2) is 5.65 Å². The molecule has 0 bridgehead atoms. The summed E-state index contributed by atoms with van der Waals surface area (Å²) in [6.45, 7) is 2.62. The number of hydrogen-bond acceptors (Lipinski definition) is 4. The molecule has 0 fully saturated rings. The van der Waals surface area contributed by atoms with Gasteiger partial charge in [0.2, 0.25) is 5.95 Å². The summed E-state index contributed by atoms with van der Waals surface area (Å²) in [6.07, 6.45) is 1.74. The smallest absolute Gasteiger partial charge is 0.263 e. The minimum Gasteiger partial charge on any atom is -0.369 e. The first-order chi connectivity index (χ1) is 7.67. The Bertz CT molecular complexity index is 655.